The fraction of sp³-hybridized carbons (Fsp3) is 0.270. The van der Waals surface area contributed by atoms with Gasteiger partial charge in [-0.15, -0.1) is 0 Å². The summed E-state index contributed by atoms with van der Waals surface area (Å²) >= 11 is 0. The first-order chi connectivity index (χ1) is 23.8. The molecule has 1 fully saturated rings. The molecule has 0 spiro atoms. The van der Waals surface area contributed by atoms with Gasteiger partial charge in [0.2, 0.25) is 11.7 Å². The maximum absolute atomic E-state index is 15.1. The van der Waals surface area contributed by atoms with Crippen LogP contribution in [0.5, 0.6) is 0 Å². The number of hydrogen-bond acceptors (Lipinski definition) is 4. The molecular weight excluding hydrogens is 659 g/mol. The van der Waals surface area contributed by atoms with Crippen molar-refractivity contribution in [3.63, 3.8) is 0 Å². The molecule has 1 amide bonds. The molecule has 0 atom stereocenters. The minimum Gasteiger partial charge on any atom is -0.381 e. The fourth-order valence-electron chi connectivity index (χ4n) is 6.54. The number of methoxy groups -OCH3 is 1. The molecule has 50 heavy (non-hydrogen) atoms. The molecule has 1 aliphatic carbocycles. The Labute approximate surface area is 283 Å². The van der Waals surface area contributed by atoms with Gasteiger partial charge in [0, 0.05) is 62.0 Å². The second kappa shape index (κ2) is 14.0. The average Bonchev–Trinajstić information content (AvgIpc) is 3.53. The Balaban J connectivity index is 1.23. The van der Waals surface area contributed by atoms with Gasteiger partial charge in [0.1, 0.15) is 17.3 Å². The van der Waals surface area contributed by atoms with Crippen molar-refractivity contribution in [1.82, 2.24) is 8.97 Å². The molecule has 3 N–H and O–H groups in total. The van der Waals surface area contributed by atoms with E-state index in [4.69, 9.17) is 4.74 Å². The van der Waals surface area contributed by atoms with Crippen LogP contribution in [0.2, 0.25) is 0 Å². The number of amides is 1. The molecule has 0 radical (unpaired) electrons. The third-order valence-electron chi connectivity index (χ3n) is 9.22. The van der Waals surface area contributed by atoms with Crippen LogP contribution in [0.4, 0.5) is 27.6 Å². The van der Waals surface area contributed by atoms with Crippen LogP contribution >= 0.6 is 0 Å². The zero-order valence-corrected chi connectivity index (χ0v) is 27.2. The van der Waals surface area contributed by atoms with Crippen LogP contribution in [0.1, 0.15) is 47.3 Å². The van der Waals surface area contributed by atoms with Crippen molar-refractivity contribution in [2.75, 3.05) is 19.0 Å². The fourth-order valence-corrected chi connectivity index (χ4v) is 6.54. The molecule has 13 heteroatoms. The van der Waals surface area contributed by atoms with Crippen molar-refractivity contribution in [1.29, 1.82) is 0 Å². The molecule has 3 aromatic heterocycles. The number of carbonyl (C=O) groups excluding carboxylic acids is 2. The minimum atomic E-state index is -4.77. The van der Waals surface area contributed by atoms with E-state index in [0.29, 0.717) is 12.6 Å². The molecule has 8 nitrogen and oxygen atoms in total. The molecule has 260 valence electrons. The van der Waals surface area contributed by atoms with E-state index in [0.717, 1.165) is 43.9 Å². The number of aryl methyl sites for hydroxylation is 1. The minimum absolute atomic E-state index is 0.0717. The van der Waals surface area contributed by atoms with Crippen LogP contribution in [-0.2, 0) is 22.8 Å². The van der Waals surface area contributed by atoms with Crippen molar-refractivity contribution in [2.45, 2.75) is 44.0 Å². The number of ketones is 1. The van der Waals surface area contributed by atoms with Gasteiger partial charge < -0.3 is 24.3 Å². The molecule has 1 saturated carbocycles. The summed E-state index contributed by atoms with van der Waals surface area (Å²) in [6, 6.07) is 11.1. The van der Waals surface area contributed by atoms with E-state index in [9.17, 15) is 27.6 Å². The van der Waals surface area contributed by atoms with Crippen LogP contribution in [0.15, 0.2) is 83.9 Å². The zero-order valence-electron chi connectivity index (χ0n) is 27.2. The lowest BCUT2D eigenvalue weighted by molar-refractivity contribution is -0.684. The number of rotatable bonds is 9. The van der Waals surface area contributed by atoms with E-state index in [1.165, 1.54) is 70.9 Å². The van der Waals surface area contributed by atoms with Crippen LogP contribution in [0.3, 0.4) is 0 Å². The van der Waals surface area contributed by atoms with Crippen molar-refractivity contribution in [3.05, 3.63) is 118 Å². The molecule has 2 aromatic carbocycles. The van der Waals surface area contributed by atoms with Gasteiger partial charge in [-0.05, 0) is 78.4 Å². The van der Waals surface area contributed by atoms with Crippen LogP contribution in [0, 0.1) is 11.6 Å². The lowest BCUT2D eigenvalue weighted by Gasteiger charge is -2.25. The number of nitrogens with zero attached hydrogens (tertiary/aromatic N) is 2. The summed E-state index contributed by atoms with van der Waals surface area (Å²) in [7, 11) is 3.19. The SMILES string of the molecule is COC1CCC([NH2+]C/C=C/C(=O)Nc2c(F)cc(C(=O)c3ccc4c(-c5cc6c(=O)n(C)ccc6cc5C(F)(F)F)cccn34)cc2F)CC1. The van der Waals surface area contributed by atoms with Crippen LogP contribution < -0.4 is 16.2 Å². The Morgan fingerprint density at radius 1 is 0.980 bits per heavy atom. The number of aromatic nitrogens is 2. The van der Waals surface area contributed by atoms with Crippen molar-refractivity contribution in [3.8, 4) is 11.1 Å². The maximum Gasteiger partial charge on any atom is 0.417 e. The molecule has 0 aliphatic heterocycles. The summed E-state index contributed by atoms with van der Waals surface area (Å²) in [5, 5.41) is 4.49. The lowest BCUT2D eigenvalue weighted by Crippen LogP contribution is -2.90. The number of anilines is 1. The highest BCUT2D eigenvalue weighted by atomic mass is 19.4. The monoisotopic (exact) mass is 693 g/mol. The van der Waals surface area contributed by atoms with Crippen molar-refractivity contribution >= 4 is 33.7 Å². The number of alkyl halides is 3. The zero-order chi connectivity index (χ0) is 35.7. The smallest absolute Gasteiger partial charge is 0.381 e. The number of quaternary nitrogens is 1. The largest absolute Gasteiger partial charge is 0.417 e. The van der Waals surface area contributed by atoms with E-state index < -0.39 is 46.3 Å². The van der Waals surface area contributed by atoms with Crippen molar-refractivity contribution < 1.29 is 41.6 Å². The molecule has 0 bridgehead atoms. The normalized spacial score (nSPS) is 16.8. The molecule has 0 saturated heterocycles. The number of halogens is 5. The summed E-state index contributed by atoms with van der Waals surface area (Å²) in [6.45, 7) is 0.512. The number of pyridine rings is 2. The Kier molecular flexibility index (Phi) is 9.72. The lowest BCUT2D eigenvalue weighted by atomic mass is 9.93. The number of nitrogens with one attached hydrogen (secondary N) is 1. The van der Waals surface area contributed by atoms with E-state index in [1.807, 2.05) is 0 Å². The number of nitrogens with two attached hydrogens (primary N) is 1. The second-order valence-corrected chi connectivity index (χ2v) is 12.4. The first kappa shape index (κ1) is 34.7. The number of ether oxygens (including phenoxy) is 1. The maximum atomic E-state index is 15.1. The van der Waals surface area contributed by atoms with Gasteiger partial charge in [-0.25, -0.2) is 8.78 Å². The molecule has 6 rings (SSSR count). The highest BCUT2D eigenvalue weighted by molar-refractivity contribution is 6.09. The average molecular weight is 694 g/mol. The summed E-state index contributed by atoms with van der Waals surface area (Å²) in [4.78, 5) is 38.8. The highest BCUT2D eigenvalue weighted by Crippen LogP contribution is 2.40. The van der Waals surface area contributed by atoms with Gasteiger partial charge in [-0.2, -0.15) is 13.2 Å². The Hall–Kier alpha value is -5.14. The standard InChI is InChI=1S/C37H33F5N4O4/c1-45-16-13-21-17-28(37(40,41)42)27(20-26(21)36(45)49)25-5-4-15-46-31(25)11-12-32(46)35(48)22-18-29(38)34(30(39)19-22)44-33(47)6-3-14-43-23-7-9-24(50-2)10-8-23/h3-6,11-13,15-20,23-24,43H,7-10,14H2,1-2H3,(H,44,47)/p+1/b6-3+. The molecule has 5 aromatic rings. The van der Waals surface area contributed by atoms with Gasteiger partial charge in [-0.3, -0.25) is 14.4 Å². The molecule has 1 aliphatic rings. The summed E-state index contributed by atoms with van der Waals surface area (Å²) in [5.41, 5.74) is -2.60. The highest BCUT2D eigenvalue weighted by Gasteiger charge is 2.35. The van der Waals surface area contributed by atoms with Gasteiger partial charge in [-0.1, -0.05) is 6.07 Å². The number of carbonyl (C=O) groups is 2. The van der Waals surface area contributed by atoms with Gasteiger partial charge in [0.15, 0.2) is 0 Å². The van der Waals surface area contributed by atoms with Gasteiger partial charge in [0.25, 0.3) is 5.56 Å². The molecule has 0 unspecified atom stereocenters. The van der Waals surface area contributed by atoms with E-state index in [1.54, 1.807) is 13.2 Å². The molecular formula is C37H34F5N4O4+. The van der Waals surface area contributed by atoms with E-state index >= 15 is 8.78 Å². The van der Waals surface area contributed by atoms with Crippen LogP contribution in [-0.4, -0.2) is 46.5 Å². The summed E-state index contributed by atoms with van der Waals surface area (Å²) in [6.07, 6.45) is 5.05. The van der Waals surface area contributed by atoms with Gasteiger partial charge in [0.05, 0.1) is 35.5 Å². The Morgan fingerprint density at radius 3 is 2.38 bits per heavy atom. The molecule has 3 heterocycles. The third-order valence-corrected chi connectivity index (χ3v) is 9.22. The predicted molar refractivity (Wildman–Crippen MR) is 178 cm³/mol. The van der Waals surface area contributed by atoms with Crippen molar-refractivity contribution in [2.24, 2.45) is 7.05 Å². The topological polar surface area (TPSA) is 98.4 Å². The van der Waals surface area contributed by atoms with Crippen LogP contribution in [0.25, 0.3) is 27.4 Å². The van der Waals surface area contributed by atoms with E-state index in [2.05, 4.69) is 10.6 Å². The predicted octanol–water partition coefficient (Wildman–Crippen LogP) is 6.00. The Morgan fingerprint density at radius 2 is 1.70 bits per heavy atom. The third kappa shape index (κ3) is 6.96. The number of fused-ring (bicyclic) bond motifs is 2. The second-order valence-electron chi connectivity index (χ2n) is 12.4. The van der Waals surface area contributed by atoms with E-state index in [-0.39, 0.29) is 44.8 Å². The first-order valence-corrected chi connectivity index (χ1v) is 16.0. The first-order valence-electron chi connectivity index (χ1n) is 16.0. The Bertz CT molecular complexity index is 2170. The summed E-state index contributed by atoms with van der Waals surface area (Å²) in [5.74, 6) is -3.90. The number of benzene rings is 2. The summed E-state index contributed by atoms with van der Waals surface area (Å²) < 4.78 is 81.1. The van der Waals surface area contributed by atoms with Gasteiger partial charge >= 0.3 is 6.18 Å². The quantitative estimate of drug-likeness (QED) is 0.112. The number of hydrogen-bond donors (Lipinski definition) is 2.